The van der Waals surface area contributed by atoms with Crippen molar-refractivity contribution in [2.45, 2.75) is 38.1 Å². The first-order valence-electron chi connectivity index (χ1n) is 9.77. The van der Waals surface area contributed by atoms with Crippen LogP contribution in [0.4, 0.5) is 10.5 Å². The van der Waals surface area contributed by atoms with E-state index in [1.54, 1.807) is 38.1 Å². The molecule has 1 heterocycles. The van der Waals surface area contributed by atoms with Gasteiger partial charge in [0.1, 0.15) is 17.2 Å². The summed E-state index contributed by atoms with van der Waals surface area (Å²) in [6, 6.07) is 8.08. The summed E-state index contributed by atoms with van der Waals surface area (Å²) in [5, 5.41) is 13.2. The molecule has 0 fully saturated rings. The van der Waals surface area contributed by atoms with Crippen molar-refractivity contribution in [3.05, 3.63) is 36.4 Å². The number of carbonyl (C=O) groups excluding carboxylic acids is 1. The van der Waals surface area contributed by atoms with Crippen LogP contribution < -0.4 is 10.0 Å². The number of hydrogen-bond donors (Lipinski definition) is 3. The number of anilines is 1. The number of sulfonamides is 1. The number of carbonyl (C=O) groups is 2. The molecular weight excluding hydrogens is 424 g/mol. The highest BCUT2D eigenvalue weighted by molar-refractivity contribution is 7.89. The van der Waals surface area contributed by atoms with Gasteiger partial charge in [-0.3, -0.25) is 10.1 Å². The first-order chi connectivity index (χ1) is 14.6. The molecule has 0 unspecified atom stereocenters. The first-order valence-corrected chi connectivity index (χ1v) is 11.3. The van der Waals surface area contributed by atoms with Crippen molar-refractivity contribution in [2.24, 2.45) is 5.92 Å². The second-order valence-corrected chi connectivity index (χ2v) is 9.13. The molecule has 2 aromatic carbocycles. The summed E-state index contributed by atoms with van der Waals surface area (Å²) < 4.78 is 38.4. The normalized spacial score (nSPS) is 12.9. The molecule has 0 aliphatic heterocycles. The third kappa shape index (κ3) is 4.97. The molecule has 0 spiro atoms. The Morgan fingerprint density at radius 1 is 1.10 bits per heavy atom. The lowest BCUT2D eigenvalue weighted by Crippen LogP contribution is -2.44. The smallest absolute Gasteiger partial charge is 0.411 e. The fraction of sp³-hybridized carbons (Fsp3) is 0.333. The maximum absolute atomic E-state index is 12.7. The number of carboxylic acids is 1. The molecule has 1 atom stereocenters. The summed E-state index contributed by atoms with van der Waals surface area (Å²) >= 11 is 0. The van der Waals surface area contributed by atoms with Crippen molar-refractivity contribution in [3.8, 4) is 0 Å². The molecule has 31 heavy (non-hydrogen) atoms. The highest BCUT2D eigenvalue weighted by Gasteiger charge is 2.28. The molecule has 0 saturated carbocycles. The lowest BCUT2D eigenvalue weighted by Gasteiger charge is -2.17. The SMILES string of the molecule is CCCOC(=O)Nc1ccc2oc3cc(S(=O)(=O)N[C@H](C(=O)O)C(C)C)ccc3c2c1. The lowest BCUT2D eigenvalue weighted by atomic mass is 10.1. The maximum Gasteiger partial charge on any atom is 0.411 e. The van der Waals surface area contributed by atoms with Gasteiger partial charge in [0, 0.05) is 22.5 Å². The van der Waals surface area contributed by atoms with E-state index in [-0.39, 0.29) is 4.90 Å². The average Bonchev–Trinajstić information content (AvgIpc) is 3.07. The standard InChI is InChI=1S/C21H24N2O7S/c1-4-9-29-21(26)22-13-5-8-17-16(10-13)15-7-6-14(11-18(15)30-17)31(27,28)23-19(12(2)3)20(24)25/h5-8,10-12,19,23H,4,9H2,1-3H3,(H,22,26)(H,24,25)/t19-/m0/s1. The number of rotatable bonds is 8. The van der Waals surface area contributed by atoms with Crippen molar-refractivity contribution >= 4 is 49.7 Å². The van der Waals surface area contributed by atoms with Crippen LogP contribution in [0.25, 0.3) is 21.9 Å². The van der Waals surface area contributed by atoms with Gasteiger partial charge in [0.05, 0.1) is 11.5 Å². The minimum absolute atomic E-state index is 0.104. The van der Waals surface area contributed by atoms with Gasteiger partial charge in [-0.25, -0.2) is 13.2 Å². The second kappa shape index (κ2) is 8.94. The Kier molecular flexibility index (Phi) is 6.51. The van der Waals surface area contributed by atoms with Crippen LogP contribution in [0, 0.1) is 5.92 Å². The van der Waals surface area contributed by atoms with E-state index in [9.17, 15) is 23.1 Å². The molecule has 3 aromatic rings. The maximum atomic E-state index is 12.7. The van der Waals surface area contributed by atoms with Gasteiger partial charge in [-0.1, -0.05) is 20.8 Å². The summed E-state index contributed by atoms with van der Waals surface area (Å²) in [5.74, 6) is -1.68. The average molecular weight is 448 g/mol. The van der Waals surface area contributed by atoms with E-state index in [2.05, 4.69) is 10.0 Å². The second-order valence-electron chi connectivity index (χ2n) is 7.41. The number of ether oxygens (including phenoxy) is 1. The van der Waals surface area contributed by atoms with E-state index in [4.69, 9.17) is 9.15 Å². The largest absolute Gasteiger partial charge is 0.480 e. The van der Waals surface area contributed by atoms with Crippen LogP contribution in [0.1, 0.15) is 27.2 Å². The Bertz CT molecular complexity index is 1230. The summed E-state index contributed by atoms with van der Waals surface area (Å²) in [6.07, 6.45) is 0.148. The number of amides is 1. The van der Waals surface area contributed by atoms with Gasteiger partial charge in [-0.15, -0.1) is 0 Å². The number of carboxylic acid groups (broad SMARTS) is 1. The van der Waals surface area contributed by atoms with Crippen molar-refractivity contribution in [2.75, 3.05) is 11.9 Å². The van der Waals surface area contributed by atoms with Crippen molar-refractivity contribution in [1.82, 2.24) is 4.72 Å². The molecule has 0 aliphatic carbocycles. The number of fused-ring (bicyclic) bond motifs is 3. The van der Waals surface area contributed by atoms with Gasteiger partial charge in [-0.05, 0) is 42.7 Å². The Morgan fingerprint density at radius 3 is 2.48 bits per heavy atom. The number of furan rings is 1. The highest BCUT2D eigenvalue weighted by Crippen LogP contribution is 2.32. The molecule has 0 aliphatic rings. The summed E-state index contributed by atoms with van der Waals surface area (Å²) in [7, 11) is -4.08. The minimum Gasteiger partial charge on any atom is -0.480 e. The zero-order chi connectivity index (χ0) is 22.8. The molecule has 9 nitrogen and oxygen atoms in total. The minimum atomic E-state index is -4.08. The zero-order valence-electron chi connectivity index (χ0n) is 17.3. The fourth-order valence-corrected chi connectivity index (χ4v) is 4.41. The molecule has 1 aromatic heterocycles. The molecule has 0 radical (unpaired) electrons. The predicted octanol–water partition coefficient (Wildman–Crippen LogP) is 3.93. The van der Waals surface area contributed by atoms with Gasteiger partial charge < -0.3 is 14.3 Å². The Labute approximate surface area is 179 Å². The van der Waals surface area contributed by atoms with Crippen LogP contribution in [-0.2, 0) is 19.6 Å². The predicted molar refractivity (Wildman–Crippen MR) is 116 cm³/mol. The number of hydrogen-bond acceptors (Lipinski definition) is 6. The van der Waals surface area contributed by atoms with Gasteiger partial charge in [0.25, 0.3) is 0 Å². The third-order valence-electron chi connectivity index (χ3n) is 4.65. The molecule has 1 amide bonds. The van der Waals surface area contributed by atoms with E-state index in [1.807, 2.05) is 6.92 Å². The molecule has 0 bridgehead atoms. The van der Waals surface area contributed by atoms with Crippen LogP contribution in [-0.4, -0.2) is 38.2 Å². The summed E-state index contributed by atoms with van der Waals surface area (Å²) in [6.45, 7) is 5.44. The van der Waals surface area contributed by atoms with E-state index in [0.717, 1.165) is 0 Å². The monoisotopic (exact) mass is 448 g/mol. The summed E-state index contributed by atoms with van der Waals surface area (Å²) in [4.78, 5) is 23.0. The fourth-order valence-electron chi connectivity index (χ4n) is 3.06. The molecule has 10 heteroatoms. The number of aliphatic carboxylic acids is 1. The molecule has 3 N–H and O–H groups in total. The molecular formula is C21H24N2O7S. The Hall–Kier alpha value is -3.11. The zero-order valence-corrected chi connectivity index (χ0v) is 18.2. The van der Waals surface area contributed by atoms with E-state index in [1.165, 1.54) is 12.1 Å². The highest BCUT2D eigenvalue weighted by atomic mass is 32.2. The summed E-state index contributed by atoms with van der Waals surface area (Å²) in [5.41, 5.74) is 1.34. The quantitative estimate of drug-likeness (QED) is 0.475. The third-order valence-corrected chi connectivity index (χ3v) is 6.09. The van der Waals surface area contributed by atoms with Crippen LogP contribution >= 0.6 is 0 Å². The molecule has 0 saturated heterocycles. The van der Waals surface area contributed by atoms with Crippen LogP contribution in [0.15, 0.2) is 45.7 Å². The van der Waals surface area contributed by atoms with Crippen molar-refractivity contribution in [1.29, 1.82) is 0 Å². The Balaban J connectivity index is 1.93. The van der Waals surface area contributed by atoms with E-state index < -0.39 is 34.0 Å². The van der Waals surface area contributed by atoms with E-state index >= 15 is 0 Å². The molecule has 166 valence electrons. The number of nitrogens with one attached hydrogen (secondary N) is 2. The van der Waals surface area contributed by atoms with E-state index in [0.29, 0.717) is 40.7 Å². The van der Waals surface area contributed by atoms with Crippen LogP contribution in [0.5, 0.6) is 0 Å². The molecule has 3 rings (SSSR count). The number of benzene rings is 2. The van der Waals surface area contributed by atoms with Gasteiger partial charge >= 0.3 is 12.1 Å². The first kappa shape index (κ1) is 22.6. The lowest BCUT2D eigenvalue weighted by molar-refractivity contribution is -0.140. The van der Waals surface area contributed by atoms with Crippen LogP contribution in [0.3, 0.4) is 0 Å². The van der Waals surface area contributed by atoms with Crippen LogP contribution in [0.2, 0.25) is 0 Å². The van der Waals surface area contributed by atoms with Gasteiger partial charge in [-0.2, -0.15) is 4.72 Å². The van der Waals surface area contributed by atoms with Gasteiger partial charge in [0.15, 0.2) is 0 Å². The topological polar surface area (TPSA) is 135 Å². The van der Waals surface area contributed by atoms with Gasteiger partial charge in [0.2, 0.25) is 10.0 Å². The Morgan fingerprint density at radius 2 is 1.84 bits per heavy atom. The van der Waals surface area contributed by atoms with Crippen molar-refractivity contribution in [3.63, 3.8) is 0 Å². The van der Waals surface area contributed by atoms with Crippen molar-refractivity contribution < 1.29 is 32.3 Å².